The summed E-state index contributed by atoms with van der Waals surface area (Å²) in [5, 5.41) is 36.0. The normalized spacial score (nSPS) is 10.4. The SMILES string of the molecule is O=C(O)c1ccc2nc(C(=O)O)c(C(=O)O)nc2c1C(=O)O. The molecule has 10 nitrogen and oxygen atoms in total. The summed E-state index contributed by atoms with van der Waals surface area (Å²) >= 11 is 0. The summed E-state index contributed by atoms with van der Waals surface area (Å²) in [5.41, 5.74) is -4.00. The fourth-order valence-electron chi connectivity index (χ4n) is 1.81. The molecule has 4 N–H and O–H groups in total. The van der Waals surface area contributed by atoms with E-state index in [1.54, 1.807) is 0 Å². The van der Waals surface area contributed by atoms with E-state index in [1.165, 1.54) is 0 Å². The lowest BCUT2D eigenvalue weighted by molar-refractivity contribution is 0.0641. The Hall–Kier alpha value is -3.56. The zero-order chi connectivity index (χ0) is 16.6. The molecule has 1 heterocycles. The second kappa shape index (κ2) is 5.09. The molecule has 0 saturated heterocycles. The van der Waals surface area contributed by atoms with Crippen LogP contribution in [0, 0.1) is 0 Å². The Kier molecular flexibility index (Phi) is 3.43. The van der Waals surface area contributed by atoms with Gasteiger partial charge < -0.3 is 20.4 Å². The van der Waals surface area contributed by atoms with E-state index in [0.717, 1.165) is 12.1 Å². The van der Waals surface area contributed by atoms with Gasteiger partial charge in [-0.3, -0.25) is 0 Å². The van der Waals surface area contributed by atoms with Crippen molar-refractivity contribution in [2.45, 2.75) is 0 Å². The molecule has 10 heteroatoms. The lowest BCUT2D eigenvalue weighted by Gasteiger charge is -2.08. The summed E-state index contributed by atoms with van der Waals surface area (Å²) in [7, 11) is 0. The summed E-state index contributed by atoms with van der Waals surface area (Å²) in [6.45, 7) is 0. The predicted molar refractivity (Wildman–Crippen MR) is 67.4 cm³/mol. The minimum absolute atomic E-state index is 0.246. The molecule has 2 aromatic rings. The van der Waals surface area contributed by atoms with Crippen LogP contribution in [-0.2, 0) is 0 Å². The minimum Gasteiger partial charge on any atom is -0.478 e. The highest BCUT2D eigenvalue weighted by atomic mass is 16.4. The van der Waals surface area contributed by atoms with Gasteiger partial charge in [-0.25, -0.2) is 29.1 Å². The third-order valence-electron chi connectivity index (χ3n) is 2.69. The Morgan fingerprint density at radius 3 is 1.73 bits per heavy atom. The molecule has 0 aliphatic rings. The van der Waals surface area contributed by atoms with Gasteiger partial charge in [-0.1, -0.05) is 0 Å². The average molecular weight is 306 g/mol. The van der Waals surface area contributed by atoms with Gasteiger partial charge in [0.25, 0.3) is 0 Å². The van der Waals surface area contributed by atoms with Crippen LogP contribution in [0.1, 0.15) is 41.7 Å². The number of benzene rings is 1. The van der Waals surface area contributed by atoms with Crippen molar-refractivity contribution in [3.63, 3.8) is 0 Å². The Morgan fingerprint density at radius 1 is 0.727 bits per heavy atom. The molecule has 1 aromatic heterocycles. The van der Waals surface area contributed by atoms with E-state index < -0.39 is 51.9 Å². The maximum absolute atomic E-state index is 11.2. The van der Waals surface area contributed by atoms with Gasteiger partial charge in [0.2, 0.25) is 0 Å². The summed E-state index contributed by atoms with van der Waals surface area (Å²) in [5.74, 6) is -6.60. The average Bonchev–Trinajstić information content (AvgIpc) is 2.43. The highest BCUT2D eigenvalue weighted by Gasteiger charge is 2.26. The monoisotopic (exact) mass is 306 g/mol. The van der Waals surface area contributed by atoms with Crippen LogP contribution in [-0.4, -0.2) is 54.3 Å². The van der Waals surface area contributed by atoms with Crippen molar-refractivity contribution >= 4 is 34.9 Å². The van der Waals surface area contributed by atoms with E-state index in [1.807, 2.05) is 0 Å². The molecular formula is C12H6N2O8. The van der Waals surface area contributed by atoms with E-state index >= 15 is 0 Å². The molecule has 22 heavy (non-hydrogen) atoms. The number of carboxylic acids is 4. The first-order valence-electron chi connectivity index (χ1n) is 5.52. The van der Waals surface area contributed by atoms with Gasteiger partial charge in [-0.05, 0) is 12.1 Å². The van der Waals surface area contributed by atoms with E-state index in [2.05, 4.69) is 9.97 Å². The third-order valence-corrected chi connectivity index (χ3v) is 2.69. The number of hydrogen-bond donors (Lipinski definition) is 4. The molecule has 0 spiro atoms. The van der Waals surface area contributed by atoms with Crippen LogP contribution in [0.15, 0.2) is 12.1 Å². The van der Waals surface area contributed by atoms with Crippen molar-refractivity contribution in [1.29, 1.82) is 0 Å². The molecular weight excluding hydrogens is 300 g/mol. The topological polar surface area (TPSA) is 175 Å². The van der Waals surface area contributed by atoms with Crippen LogP contribution in [0.3, 0.4) is 0 Å². The van der Waals surface area contributed by atoms with Crippen molar-refractivity contribution in [2.24, 2.45) is 0 Å². The number of aromatic carboxylic acids is 4. The number of carbonyl (C=O) groups is 4. The van der Waals surface area contributed by atoms with Gasteiger partial charge in [0.1, 0.15) is 11.1 Å². The van der Waals surface area contributed by atoms with Crippen LogP contribution in [0.4, 0.5) is 0 Å². The molecule has 1 aromatic carbocycles. The van der Waals surface area contributed by atoms with Crippen LogP contribution >= 0.6 is 0 Å². The lowest BCUT2D eigenvalue weighted by atomic mass is 10.0. The molecule has 2 rings (SSSR count). The maximum Gasteiger partial charge on any atom is 0.357 e. The van der Waals surface area contributed by atoms with Crippen LogP contribution < -0.4 is 0 Å². The van der Waals surface area contributed by atoms with Gasteiger partial charge in [0, 0.05) is 0 Å². The summed E-state index contributed by atoms with van der Waals surface area (Å²) < 4.78 is 0. The number of fused-ring (bicyclic) bond motifs is 1. The van der Waals surface area contributed by atoms with Crippen LogP contribution in [0.2, 0.25) is 0 Å². The van der Waals surface area contributed by atoms with Crippen molar-refractivity contribution in [3.05, 3.63) is 34.6 Å². The molecule has 0 aliphatic heterocycles. The summed E-state index contributed by atoms with van der Waals surface area (Å²) in [4.78, 5) is 51.3. The fourth-order valence-corrected chi connectivity index (χ4v) is 1.81. The standard InChI is InChI=1S/C12H6N2O8/c15-9(16)3-1-2-4-6(5(3)10(17)18)14-8(12(21)22)7(13-4)11(19)20/h1-2H,(H,15,16)(H,17,18)(H,19,20)(H,21,22). The quantitative estimate of drug-likeness (QED) is 0.619. The predicted octanol–water partition coefficient (Wildman–Crippen LogP) is 0.423. The molecule has 0 radical (unpaired) electrons. The second-order valence-electron chi connectivity index (χ2n) is 4.00. The first kappa shape index (κ1) is 14.8. The molecule has 0 bridgehead atoms. The fraction of sp³-hybridized carbons (Fsp3) is 0. The van der Waals surface area contributed by atoms with E-state index in [4.69, 9.17) is 20.4 Å². The zero-order valence-corrected chi connectivity index (χ0v) is 10.5. The Labute approximate surface area is 120 Å². The van der Waals surface area contributed by atoms with Crippen LogP contribution in [0.5, 0.6) is 0 Å². The van der Waals surface area contributed by atoms with Crippen molar-refractivity contribution in [2.75, 3.05) is 0 Å². The Morgan fingerprint density at radius 2 is 1.27 bits per heavy atom. The zero-order valence-electron chi connectivity index (χ0n) is 10.5. The molecule has 0 unspecified atom stereocenters. The van der Waals surface area contributed by atoms with E-state index in [-0.39, 0.29) is 5.52 Å². The molecule has 0 atom stereocenters. The Balaban J connectivity index is 2.99. The Bertz CT molecular complexity index is 846. The van der Waals surface area contributed by atoms with Crippen molar-refractivity contribution in [3.8, 4) is 0 Å². The molecule has 0 aliphatic carbocycles. The van der Waals surface area contributed by atoms with E-state index in [0.29, 0.717) is 0 Å². The van der Waals surface area contributed by atoms with Gasteiger partial charge in [0.05, 0.1) is 11.1 Å². The number of carboxylic acid groups (broad SMARTS) is 4. The van der Waals surface area contributed by atoms with E-state index in [9.17, 15) is 19.2 Å². The second-order valence-corrected chi connectivity index (χ2v) is 4.00. The van der Waals surface area contributed by atoms with Crippen molar-refractivity contribution in [1.82, 2.24) is 9.97 Å². The smallest absolute Gasteiger partial charge is 0.357 e. The highest BCUT2D eigenvalue weighted by molar-refractivity contribution is 6.11. The molecule has 0 fully saturated rings. The number of nitrogens with zero attached hydrogens (tertiary/aromatic N) is 2. The molecule has 112 valence electrons. The number of aromatic nitrogens is 2. The summed E-state index contributed by atoms with van der Waals surface area (Å²) in [6.07, 6.45) is 0. The molecule has 0 saturated carbocycles. The van der Waals surface area contributed by atoms with Crippen molar-refractivity contribution < 1.29 is 39.6 Å². The maximum atomic E-state index is 11.2. The number of hydrogen-bond acceptors (Lipinski definition) is 6. The third kappa shape index (κ3) is 2.28. The van der Waals surface area contributed by atoms with Gasteiger partial charge in [-0.15, -0.1) is 0 Å². The van der Waals surface area contributed by atoms with Gasteiger partial charge in [0.15, 0.2) is 11.4 Å². The lowest BCUT2D eigenvalue weighted by Crippen LogP contribution is -2.16. The number of rotatable bonds is 4. The highest BCUT2D eigenvalue weighted by Crippen LogP contribution is 2.22. The molecule has 0 amide bonds. The largest absolute Gasteiger partial charge is 0.478 e. The van der Waals surface area contributed by atoms with Gasteiger partial charge >= 0.3 is 23.9 Å². The minimum atomic E-state index is -1.73. The summed E-state index contributed by atoms with van der Waals surface area (Å²) in [6, 6.07) is 1.98. The van der Waals surface area contributed by atoms with Crippen LogP contribution in [0.25, 0.3) is 11.0 Å². The van der Waals surface area contributed by atoms with Gasteiger partial charge in [-0.2, -0.15) is 0 Å². The first-order chi connectivity index (χ1) is 10.2. The first-order valence-corrected chi connectivity index (χ1v) is 5.52.